The van der Waals surface area contributed by atoms with E-state index in [2.05, 4.69) is 141 Å². The summed E-state index contributed by atoms with van der Waals surface area (Å²) in [5, 5.41) is 15.4. The van der Waals surface area contributed by atoms with Gasteiger partial charge in [-0.2, -0.15) is 13.5 Å². The first-order valence-electron chi connectivity index (χ1n) is 11.3. The Hall–Kier alpha value is 0.450. The molecule has 1 aliphatic heterocycles. The lowest BCUT2D eigenvalue weighted by molar-refractivity contribution is 0.485. The Morgan fingerprint density at radius 3 is 0.969 bits per heavy atom. The van der Waals surface area contributed by atoms with Crippen molar-refractivity contribution in [3.63, 3.8) is 0 Å². The first-order valence-corrected chi connectivity index (χ1v) is 16.3. The summed E-state index contributed by atoms with van der Waals surface area (Å²) in [6.45, 7) is 26.1. The van der Waals surface area contributed by atoms with E-state index in [-0.39, 0.29) is 22.2 Å². The maximum atomic E-state index is 5.55. The average molecular weight is 512 g/mol. The summed E-state index contributed by atoms with van der Waals surface area (Å²) in [6, 6.07) is 0. The first kappa shape index (κ1) is 30.5. The molecular weight excluding hydrogens is 459 g/mol. The lowest BCUT2D eigenvalue weighted by Gasteiger charge is -2.47. The van der Waals surface area contributed by atoms with E-state index in [0.29, 0.717) is 0 Å². The van der Waals surface area contributed by atoms with E-state index < -0.39 is 22.5 Å². The molecule has 32 heavy (non-hydrogen) atoms. The smallest absolute Gasteiger partial charge is 0.218 e. The molecular formula is C20H52N9P3. The number of hydrogen-bond acceptors (Lipinski definition) is 9. The zero-order valence-electron chi connectivity index (χ0n) is 23.6. The maximum Gasteiger partial charge on any atom is 0.218 e. The van der Waals surface area contributed by atoms with E-state index >= 15 is 0 Å². The van der Waals surface area contributed by atoms with Crippen LogP contribution in [0.4, 0.5) is 0 Å². The Kier molecular flexibility index (Phi) is 9.03. The molecule has 1 aliphatic rings. The molecule has 0 aliphatic carbocycles. The highest BCUT2D eigenvalue weighted by Crippen LogP contribution is 2.76. The summed E-state index contributed by atoms with van der Waals surface area (Å²) in [5.41, 5.74) is -0.732. The predicted octanol–water partition coefficient (Wildman–Crippen LogP) is 6.51. The van der Waals surface area contributed by atoms with Crippen molar-refractivity contribution in [3.8, 4) is 0 Å². The van der Waals surface area contributed by atoms with Crippen LogP contribution in [0.2, 0.25) is 0 Å². The molecule has 0 aromatic carbocycles. The van der Waals surface area contributed by atoms with Crippen molar-refractivity contribution in [2.45, 2.75) is 105 Å². The minimum absolute atomic E-state index is 0.175. The van der Waals surface area contributed by atoms with Gasteiger partial charge in [0.05, 0.1) is 0 Å². The van der Waals surface area contributed by atoms with Crippen LogP contribution in [0.15, 0.2) is 13.5 Å². The molecule has 2 unspecified atom stereocenters. The summed E-state index contributed by atoms with van der Waals surface area (Å²) < 4.78 is 21.0. The van der Waals surface area contributed by atoms with Gasteiger partial charge in [-0.25, -0.2) is 29.7 Å². The van der Waals surface area contributed by atoms with E-state index in [0.717, 1.165) is 0 Å². The fraction of sp³-hybridized carbons (Fsp3) is 1.00. The van der Waals surface area contributed by atoms with E-state index in [1.807, 2.05) is 0 Å². The third kappa shape index (κ3) is 8.91. The van der Waals surface area contributed by atoms with E-state index in [9.17, 15) is 0 Å². The van der Waals surface area contributed by atoms with Gasteiger partial charge in [0.2, 0.25) is 22.5 Å². The largest absolute Gasteiger partial charge is 0.248 e. The summed E-state index contributed by atoms with van der Waals surface area (Å²) >= 11 is 0. The monoisotopic (exact) mass is 511 g/mol. The van der Waals surface area contributed by atoms with Crippen LogP contribution in [-0.2, 0) is 0 Å². The third-order valence-corrected chi connectivity index (χ3v) is 16.0. The normalized spacial score (nSPS) is 27.2. The zero-order chi connectivity index (χ0) is 25.6. The number of nitrogens with one attached hydrogen (secondary N) is 4. The molecule has 9 nitrogen and oxygen atoms in total. The lowest BCUT2D eigenvalue weighted by Crippen LogP contribution is -2.45. The van der Waals surface area contributed by atoms with E-state index in [1.54, 1.807) is 0 Å². The molecule has 0 radical (unpaired) electrons. The zero-order valence-corrected chi connectivity index (χ0v) is 26.3. The third-order valence-electron chi connectivity index (χ3n) is 3.83. The molecule has 0 bridgehead atoms. The highest BCUT2D eigenvalue weighted by Gasteiger charge is 2.44. The Labute approximate surface area is 199 Å². The molecule has 0 spiro atoms. The van der Waals surface area contributed by atoms with Crippen LogP contribution in [-0.4, -0.2) is 59.7 Å². The van der Waals surface area contributed by atoms with Crippen molar-refractivity contribution < 1.29 is 0 Å². The molecule has 4 N–H and O–H groups in total. The molecule has 192 valence electrons. The topological polar surface area (TPSA) is 91.7 Å². The lowest BCUT2D eigenvalue weighted by atomic mass is 10.1. The van der Waals surface area contributed by atoms with Crippen molar-refractivity contribution in [1.82, 2.24) is 29.7 Å². The highest BCUT2D eigenvalue weighted by atomic mass is 31.3. The first-order chi connectivity index (χ1) is 13.8. The molecule has 1 rings (SSSR count). The van der Waals surface area contributed by atoms with Gasteiger partial charge in [-0.05, 0) is 111 Å². The second-order valence-electron chi connectivity index (χ2n) is 13.1. The van der Waals surface area contributed by atoms with Gasteiger partial charge in [-0.3, -0.25) is 0 Å². The molecule has 0 aromatic rings. The minimum atomic E-state index is -2.61. The van der Waals surface area contributed by atoms with Crippen LogP contribution in [0.1, 0.15) is 83.1 Å². The van der Waals surface area contributed by atoms with Gasteiger partial charge in [-0.1, -0.05) is 0 Å². The Morgan fingerprint density at radius 1 is 0.438 bits per heavy atom. The SMILES string of the molecule is CN(C)P1(NC(C)(C)C)=NP(NC(C)(C)C)(NC(C)(C)C)=NP(NC(C)(C)C)(N(C)C)=N1. The number of rotatable bonds is 6. The standard InChI is InChI=1S/C20H52N9P3/c1-17(2,3)21-30(22-18(4,5)6)25-31(28(13)14,23-19(7,8)9)27-32(26-30,29(15)16)24-20(10,11)12/h21-24H,1-16H3. The average Bonchev–Trinajstić information content (AvgIpc) is 2.37. The summed E-state index contributed by atoms with van der Waals surface area (Å²) in [6.07, 6.45) is 0. The van der Waals surface area contributed by atoms with Gasteiger partial charge in [0.25, 0.3) is 0 Å². The summed E-state index contributed by atoms with van der Waals surface area (Å²) in [5.74, 6) is 0. The van der Waals surface area contributed by atoms with Gasteiger partial charge < -0.3 is 0 Å². The van der Waals surface area contributed by atoms with Gasteiger partial charge in [0.15, 0.2) is 0 Å². The minimum Gasteiger partial charge on any atom is -0.248 e. The van der Waals surface area contributed by atoms with Crippen LogP contribution in [0.5, 0.6) is 0 Å². The van der Waals surface area contributed by atoms with Crippen LogP contribution >= 0.6 is 22.5 Å². The van der Waals surface area contributed by atoms with Crippen molar-refractivity contribution in [3.05, 3.63) is 0 Å². The molecule has 0 amide bonds. The summed E-state index contributed by atoms with van der Waals surface area (Å²) in [7, 11) is 0.645. The fourth-order valence-electron chi connectivity index (χ4n) is 3.15. The molecule has 0 fully saturated rings. The van der Waals surface area contributed by atoms with Crippen LogP contribution in [0.3, 0.4) is 0 Å². The van der Waals surface area contributed by atoms with Crippen molar-refractivity contribution >= 4 is 22.5 Å². The quantitative estimate of drug-likeness (QED) is 0.304. The van der Waals surface area contributed by atoms with Crippen molar-refractivity contribution in [2.75, 3.05) is 28.2 Å². The molecule has 1 heterocycles. The Morgan fingerprint density at radius 2 is 0.719 bits per heavy atom. The van der Waals surface area contributed by atoms with Crippen LogP contribution in [0.25, 0.3) is 0 Å². The van der Waals surface area contributed by atoms with Gasteiger partial charge in [-0.15, -0.1) is 0 Å². The van der Waals surface area contributed by atoms with Gasteiger partial charge >= 0.3 is 0 Å². The maximum absolute atomic E-state index is 5.55. The molecule has 12 heteroatoms. The Bertz CT molecular complexity index is 785. The summed E-state index contributed by atoms with van der Waals surface area (Å²) in [4.78, 5) is 0. The predicted molar refractivity (Wildman–Crippen MR) is 147 cm³/mol. The van der Waals surface area contributed by atoms with E-state index in [1.165, 1.54) is 0 Å². The second-order valence-corrected chi connectivity index (χ2v) is 21.3. The van der Waals surface area contributed by atoms with Crippen LogP contribution in [0, 0.1) is 0 Å². The van der Waals surface area contributed by atoms with E-state index in [4.69, 9.17) is 13.5 Å². The Balaban J connectivity index is 4.27. The number of hydrogen-bond donors (Lipinski definition) is 4. The van der Waals surface area contributed by atoms with Crippen molar-refractivity contribution in [2.24, 2.45) is 13.5 Å². The van der Waals surface area contributed by atoms with Crippen LogP contribution < -0.4 is 20.3 Å². The molecule has 0 aromatic heterocycles. The molecule has 0 saturated heterocycles. The second kappa shape index (κ2) is 9.48. The molecule has 0 saturated carbocycles. The molecule has 2 atom stereocenters. The van der Waals surface area contributed by atoms with Gasteiger partial charge in [0, 0.05) is 22.2 Å². The fourth-order valence-corrected chi connectivity index (χ4v) is 16.9. The van der Waals surface area contributed by atoms with Crippen molar-refractivity contribution in [1.29, 1.82) is 0 Å². The highest BCUT2D eigenvalue weighted by molar-refractivity contribution is 7.83. The van der Waals surface area contributed by atoms with Gasteiger partial charge in [0.1, 0.15) is 0 Å². The number of nitrogens with zero attached hydrogens (tertiary/aromatic N) is 5.